The van der Waals surface area contributed by atoms with Gasteiger partial charge >= 0.3 is 0 Å². The van der Waals surface area contributed by atoms with E-state index in [1.165, 1.54) is 4.90 Å². The second kappa shape index (κ2) is 13.4. The van der Waals surface area contributed by atoms with Gasteiger partial charge in [0.1, 0.15) is 0 Å². The maximum Gasteiger partial charge on any atom is 0.261 e. The van der Waals surface area contributed by atoms with Crippen LogP contribution in [0.15, 0.2) is 146 Å². The lowest BCUT2D eigenvalue weighted by molar-refractivity contribution is 0.0478. The fraction of sp³-hybridized carbons (Fsp3) is 0.0952. The first kappa shape index (κ1) is 30.1. The van der Waals surface area contributed by atoms with Crippen molar-refractivity contribution in [2.75, 3.05) is 26.4 Å². The number of benzene rings is 6. The molecule has 1 heterocycles. The molecule has 1 N–H and O–H groups in total. The molecule has 1 aliphatic rings. The second-order valence-corrected chi connectivity index (χ2v) is 11.4. The van der Waals surface area contributed by atoms with Gasteiger partial charge in [0.05, 0.1) is 26.4 Å². The number of nitrogens with zero attached hydrogens (tertiary/aromatic N) is 1. The van der Waals surface area contributed by atoms with E-state index in [9.17, 15) is 9.59 Å². The maximum absolute atomic E-state index is 13.5. The molecule has 0 unspecified atom stereocenters. The van der Waals surface area contributed by atoms with Crippen molar-refractivity contribution < 1.29 is 19.4 Å². The van der Waals surface area contributed by atoms with Gasteiger partial charge in [-0.15, -0.1) is 0 Å². The molecule has 5 nitrogen and oxygen atoms in total. The molecule has 230 valence electrons. The first-order valence-electron chi connectivity index (χ1n) is 15.8. The number of aliphatic hydroxyl groups is 1. The van der Waals surface area contributed by atoms with Gasteiger partial charge in [0.15, 0.2) is 0 Å². The van der Waals surface area contributed by atoms with Gasteiger partial charge in [0.2, 0.25) is 0 Å². The van der Waals surface area contributed by atoms with E-state index in [1.54, 1.807) is 6.07 Å². The predicted octanol–water partition coefficient (Wildman–Crippen LogP) is 8.12. The number of ether oxygens (including phenoxy) is 1. The van der Waals surface area contributed by atoms with Crippen LogP contribution < -0.4 is 0 Å². The minimum Gasteiger partial charge on any atom is -0.394 e. The van der Waals surface area contributed by atoms with Crippen LogP contribution in [-0.4, -0.2) is 48.2 Å². The molecule has 6 aromatic rings. The Morgan fingerprint density at radius 1 is 0.511 bits per heavy atom. The van der Waals surface area contributed by atoms with Crippen LogP contribution in [0.2, 0.25) is 0 Å². The van der Waals surface area contributed by atoms with E-state index in [0.29, 0.717) is 16.5 Å². The van der Waals surface area contributed by atoms with Crippen LogP contribution in [0.3, 0.4) is 0 Å². The molecule has 0 spiro atoms. The minimum absolute atomic E-state index is 0.112. The summed E-state index contributed by atoms with van der Waals surface area (Å²) < 4.78 is 5.34. The van der Waals surface area contributed by atoms with Gasteiger partial charge in [-0.3, -0.25) is 14.5 Å². The molecular formula is C42H33NO4. The minimum atomic E-state index is -0.333. The molecule has 0 atom stereocenters. The van der Waals surface area contributed by atoms with Gasteiger partial charge in [-0.2, -0.15) is 0 Å². The van der Waals surface area contributed by atoms with Crippen LogP contribution in [0.1, 0.15) is 43.0 Å². The van der Waals surface area contributed by atoms with Crippen molar-refractivity contribution >= 4 is 33.7 Å². The summed E-state index contributed by atoms with van der Waals surface area (Å²) >= 11 is 0. The summed E-state index contributed by atoms with van der Waals surface area (Å²) in [5.74, 6) is -0.666. The van der Waals surface area contributed by atoms with Crippen LogP contribution in [-0.2, 0) is 4.74 Å². The van der Waals surface area contributed by atoms with Crippen molar-refractivity contribution in [3.63, 3.8) is 0 Å². The molecule has 2 amide bonds. The molecule has 0 aliphatic carbocycles. The quantitative estimate of drug-likeness (QED) is 0.0961. The SMILES string of the molecule is O=C1c2cccc3c(-c4ccc(C(=C(c5ccccc5)c5ccccc5)c5ccccc5)cc4)ccc(c23)C(=O)N1CCOCCO. The Bertz CT molecular complexity index is 2020. The fourth-order valence-electron chi connectivity index (χ4n) is 6.47. The van der Waals surface area contributed by atoms with E-state index in [2.05, 4.69) is 97.1 Å². The maximum atomic E-state index is 13.5. The zero-order valence-electron chi connectivity index (χ0n) is 25.8. The third kappa shape index (κ3) is 5.79. The third-order valence-electron chi connectivity index (χ3n) is 8.61. The molecule has 0 saturated heterocycles. The summed E-state index contributed by atoms with van der Waals surface area (Å²) in [7, 11) is 0. The Balaban J connectivity index is 1.33. The first-order valence-corrected chi connectivity index (χ1v) is 15.8. The topological polar surface area (TPSA) is 66.8 Å². The number of imide groups is 1. The fourth-order valence-corrected chi connectivity index (χ4v) is 6.47. The van der Waals surface area contributed by atoms with Crippen molar-refractivity contribution in [3.8, 4) is 11.1 Å². The Morgan fingerprint density at radius 2 is 1.00 bits per heavy atom. The summed E-state index contributed by atoms with van der Waals surface area (Å²) in [6, 6.07) is 49.4. The van der Waals surface area contributed by atoms with E-state index < -0.39 is 0 Å². The predicted molar refractivity (Wildman–Crippen MR) is 187 cm³/mol. The highest BCUT2D eigenvalue weighted by molar-refractivity contribution is 6.27. The normalized spacial score (nSPS) is 12.4. The first-order chi connectivity index (χ1) is 23.2. The van der Waals surface area contributed by atoms with E-state index in [1.807, 2.05) is 42.5 Å². The van der Waals surface area contributed by atoms with Crippen molar-refractivity contribution in [1.82, 2.24) is 4.90 Å². The van der Waals surface area contributed by atoms with Crippen LogP contribution in [0.4, 0.5) is 0 Å². The number of rotatable bonds is 10. The molecule has 0 fully saturated rings. The van der Waals surface area contributed by atoms with Gasteiger partial charge in [0.25, 0.3) is 11.8 Å². The standard InChI is InChI=1S/C42H33NO4/c44-26-28-47-27-25-43-41(45)36-18-10-17-35-34(23-24-37(40(35)36)42(43)46)29-19-21-33(22-20-29)39(32-15-8-3-9-16-32)38(30-11-4-1-5-12-30)31-13-6-2-7-14-31/h1-24,44H,25-28H2. The third-order valence-corrected chi connectivity index (χ3v) is 8.61. The summed E-state index contributed by atoms with van der Waals surface area (Å²) in [4.78, 5) is 28.2. The number of aliphatic hydroxyl groups excluding tert-OH is 1. The zero-order valence-corrected chi connectivity index (χ0v) is 25.8. The Hall–Kier alpha value is -5.62. The highest BCUT2D eigenvalue weighted by Gasteiger charge is 2.33. The molecule has 47 heavy (non-hydrogen) atoms. The van der Waals surface area contributed by atoms with E-state index in [4.69, 9.17) is 9.84 Å². The zero-order chi connectivity index (χ0) is 32.2. The van der Waals surface area contributed by atoms with E-state index in [0.717, 1.165) is 49.9 Å². The number of amides is 2. The highest BCUT2D eigenvalue weighted by Crippen LogP contribution is 2.40. The molecule has 6 aromatic carbocycles. The van der Waals surface area contributed by atoms with Gasteiger partial charge in [-0.05, 0) is 62.0 Å². The Labute approximate surface area is 274 Å². The molecule has 0 saturated carbocycles. The average molecular weight is 616 g/mol. The van der Waals surface area contributed by atoms with Crippen LogP contribution in [0.5, 0.6) is 0 Å². The highest BCUT2D eigenvalue weighted by atomic mass is 16.5. The summed E-state index contributed by atoms with van der Waals surface area (Å²) in [6.07, 6.45) is 0. The van der Waals surface area contributed by atoms with Crippen molar-refractivity contribution in [3.05, 3.63) is 179 Å². The van der Waals surface area contributed by atoms with Crippen molar-refractivity contribution in [2.24, 2.45) is 0 Å². The molecular weight excluding hydrogens is 582 g/mol. The summed E-state index contributed by atoms with van der Waals surface area (Å²) in [5.41, 5.74) is 9.69. The Morgan fingerprint density at radius 3 is 1.53 bits per heavy atom. The van der Waals surface area contributed by atoms with E-state index in [-0.39, 0.29) is 38.2 Å². The van der Waals surface area contributed by atoms with Gasteiger partial charge in [-0.25, -0.2) is 0 Å². The summed E-state index contributed by atoms with van der Waals surface area (Å²) in [5, 5.41) is 10.5. The lowest BCUT2D eigenvalue weighted by Gasteiger charge is -2.27. The van der Waals surface area contributed by atoms with Gasteiger partial charge in [-0.1, -0.05) is 133 Å². The molecule has 0 radical (unpaired) electrons. The smallest absolute Gasteiger partial charge is 0.261 e. The van der Waals surface area contributed by atoms with Gasteiger partial charge < -0.3 is 9.84 Å². The largest absolute Gasteiger partial charge is 0.394 e. The van der Waals surface area contributed by atoms with E-state index >= 15 is 0 Å². The molecule has 1 aliphatic heterocycles. The number of carbonyl (C=O) groups excluding carboxylic acids is 2. The molecule has 0 bridgehead atoms. The second-order valence-electron chi connectivity index (χ2n) is 11.4. The lowest BCUT2D eigenvalue weighted by atomic mass is 9.85. The van der Waals surface area contributed by atoms with Gasteiger partial charge in [0, 0.05) is 16.5 Å². The average Bonchev–Trinajstić information content (AvgIpc) is 3.13. The molecule has 7 rings (SSSR count). The summed E-state index contributed by atoms with van der Waals surface area (Å²) in [6.45, 7) is 0.344. The van der Waals surface area contributed by atoms with Crippen LogP contribution >= 0.6 is 0 Å². The monoisotopic (exact) mass is 615 g/mol. The van der Waals surface area contributed by atoms with Crippen LogP contribution in [0.25, 0.3) is 33.0 Å². The lowest BCUT2D eigenvalue weighted by Crippen LogP contribution is -2.42. The number of hydrogen-bond donors (Lipinski definition) is 1. The van der Waals surface area contributed by atoms with Crippen LogP contribution in [0, 0.1) is 0 Å². The van der Waals surface area contributed by atoms with Crippen molar-refractivity contribution in [2.45, 2.75) is 0 Å². The number of hydrogen-bond acceptors (Lipinski definition) is 4. The Kier molecular flexibility index (Phi) is 8.56. The molecule has 0 aromatic heterocycles. The molecule has 5 heteroatoms. The van der Waals surface area contributed by atoms with Crippen molar-refractivity contribution in [1.29, 1.82) is 0 Å². The number of carbonyl (C=O) groups is 2.